The molecule has 0 saturated carbocycles. The van der Waals surface area contributed by atoms with Crippen LogP contribution in [0, 0.1) is 13.8 Å². The third-order valence-electron chi connectivity index (χ3n) is 3.01. The molecule has 1 aromatic rings. The lowest BCUT2D eigenvalue weighted by atomic mass is 10.1. The first-order valence-corrected chi connectivity index (χ1v) is 6.16. The fourth-order valence-electron chi connectivity index (χ4n) is 1.84. The Balaban J connectivity index is 0. The summed E-state index contributed by atoms with van der Waals surface area (Å²) in [6.07, 6.45) is 0. The Labute approximate surface area is 117 Å². The van der Waals surface area contributed by atoms with E-state index in [0.717, 1.165) is 29.9 Å². The highest BCUT2D eigenvalue weighted by Gasteiger charge is 2.09. The maximum atomic E-state index is 11.9. The van der Waals surface area contributed by atoms with E-state index >= 15 is 0 Å². The molecule has 1 rings (SSSR count). The first kappa shape index (κ1) is 16.9. The lowest BCUT2D eigenvalue weighted by molar-refractivity contribution is -0.117. The van der Waals surface area contributed by atoms with Crippen LogP contribution >= 0.6 is 12.4 Å². The number of halogens is 1. The van der Waals surface area contributed by atoms with Crippen LogP contribution in [-0.2, 0) is 4.79 Å². The zero-order chi connectivity index (χ0) is 12.8. The fourth-order valence-corrected chi connectivity index (χ4v) is 1.84. The van der Waals surface area contributed by atoms with Gasteiger partial charge < -0.3 is 5.32 Å². The summed E-state index contributed by atoms with van der Waals surface area (Å²) in [5.41, 5.74) is 3.17. The molecule has 0 atom stereocenters. The van der Waals surface area contributed by atoms with Gasteiger partial charge in [0.1, 0.15) is 0 Å². The van der Waals surface area contributed by atoms with Crippen molar-refractivity contribution < 1.29 is 6.22 Å². The molecule has 0 bridgehead atoms. The van der Waals surface area contributed by atoms with Crippen molar-refractivity contribution in [2.24, 2.45) is 0 Å². The van der Waals surface area contributed by atoms with Crippen molar-refractivity contribution in [2.75, 3.05) is 25.0 Å². The molecule has 0 heterocycles. The number of carbonyl (C=O) groups is 1. The minimum atomic E-state index is 0. The number of benzene rings is 1. The van der Waals surface area contributed by atoms with E-state index < -0.39 is 0 Å². The van der Waals surface area contributed by atoms with E-state index in [1.54, 1.807) is 0 Å². The first-order chi connectivity index (χ1) is 8.08. The maximum Gasteiger partial charge on any atom is 1.00 e. The van der Waals surface area contributed by atoms with Crippen LogP contribution in [0.3, 0.4) is 0 Å². The molecule has 4 heteroatoms. The number of nitrogens with one attached hydrogen (secondary N) is 1. The number of anilines is 1. The zero-order valence-corrected chi connectivity index (χ0v) is 12.4. The molecule has 102 valence electrons. The molecule has 0 aliphatic carbocycles. The Morgan fingerprint density at radius 3 is 2.17 bits per heavy atom. The average molecular weight is 272 g/mol. The summed E-state index contributed by atoms with van der Waals surface area (Å²) in [4.78, 5) is 14.0. The Bertz CT molecular complexity index is 375. The molecule has 0 aliphatic rings. The molecule has 0 fully saturated rings. The van der Waals surface area contributed by atoms with Gasteiger partial charge in [-0.1, -0.05) is 32.0 Å². The van der Waals surface area contributed by atoms with Crippen LogP contribution in [0.4, 0.5) is 5.69 Å². The maximum absolute atomic E-state index is 11.9. The van der Waals surface area contributed by atoms with Crippen LogP contribution in [0.15, 0.2) is 18.2 Å². The van der Waals surface area contributed by atoms with Gasteiger partial charge in [-0.05, 0) is 38.1 Å². The van der Waals surface area contributed by atoms with E-state index in [9.17, 15) is 4.79 Å². The third kappa shape index (κ3) is 4.67. The number of hydrogen-bond donors (Lipinski definition) is 1. The van der Waals surface area contributed by atoms with Gasteiger partial charge in [0, 0.05) is 5.69 Å². The molecular formula is C14H24ClN2O+. The molecule has 1 aromatic carbocycles. The highest BCUT2D eigenvalue weighted by Crippen LogP contribution is 2.19. The Morgan fingerprint density at radius 2 is 1.72 bits per heavy atom. The van der Waals surface area contributed by atoms with Gasteiger partial charge in [-0.3, -0.25) is 9.69 Å². The number of amides is 1. The van der Waals surface area contributed by atoms with Crippen LogP contribution in [-0.4, -0.2) is 30.4 Å². The highest BCUT2D eigenvalue weighted by atomic mass is 35.5. The van der Waals surface area contributed by atoms with Crippen molar-refractivity contribution in [3.05, 3.63) is 29.3 Å². The molecule has 18 heavy (non-hydrogen) atoms. The number of para-hydroxylation sites is 1. The predicted octanol–water partition coefficient (Wildman–Crippen LogP) is 3.12. The summed E-state index contributed by atoms with van der Waals surface area (Å²) in [7, 11) is 0. The van der Waals surface area contributed by atoms with Crippen LogP contribution < -0.4 is 5.32 Å². The first-order valence-electron chi connectivity index (χ1n) is 6.16. The number of aryl methyl sites for hydroxylation is 2. The predicted molar refractivity (Wildman–Crippen MR) is 80.7 cm³/mol. The molecule has 0 spiro atoms. The molecule has 0 radical (unpaired) electrons. The minimum Gasteiger partial charge on any atom is -0.324 e. The summed E-state index contributed by atoms with van der Waals surface area (Å²) < 4.78 is 0. The summed E-state index contributed by atoms with van der Waals surface area (Å²) >= 11 is 0. The third-order valence-corrected chi connectivity index (χ3v) is 3.01. The average Bonchev–Trinajstić information content (AvgIpc) is 2.31. The Hall–Kier alpha value is -1.06. The van der Waals surface area contributed by atoms with E-state index in [-0.39, 0.29) is 19.7 Å². The molecule has 0 aliphatic heterocycles. The van der Waals surface area contributed by atoms with Crippen molar-refractivity contribution in [3.63, 3.8) is 0 Å². The number of hydrogen-bond acceptors (Lipinski definition) is 2. The van der Waals surface area contributed by atoms with Crippen molar-refractivity contribution in [2.45, 2.75) is 27.7 Å². The largest absolute Gasteiger partial charge is 1.00 e. The lowest BCUT2D eigenvalue weighted by Crippen LogP contribution is -2.33. The summed E-state index contributed by atoms with van der Waals surface area (Å²) in [6.45, 7) is 10.4. The minimum absolute atomic E-state index is 0. The molecule has 0 aromatic heterocycles. The standard InChI is InChI=1S/C14H22N2O.ClH/c1-5-16(6-2)10-13(17)15-14-11(3)8-7-9-12(14)4;/h7-9H,5-6,10H2,1-4H3,(H,15,17);1H/p+1. The Kier molecular flexibility index (Phi) is 7.64. The highest BCUT2D eigenvalue weighted by molar-refractivity contribution is 5.93. The van der Waals surface area contributed by atoms with Crippen molar-refractivity contribution in [1.82, 2.24) is 4.90 Å². The second-order valence-electron chi connectivity index (χ2n) is 4.28. The van der Waals surface area contributed by atoms with Crippen LogP contribution in [0.1, 0.15) is 26.4 Å². The monoisotopic (exact) mass is 271 g/mol. The van der Waals surface area contributed by atoms with Crippen molar-refractivity contribution >= 4 is 24.0 Å². The summed E-state index contributed by atoms with van der Waals surface area (Å²) in [5.74, 6) is 0.0612. The zero-order valence-electron chi connectivity index (χ0n) is 12.6. The van der Waals surface area contributed by atoms with Gasteiger partial charge in [-0.2, -0.15) is 0 Å². The number of likely N-dealkylation sites (N-methyl/N-ethyl adjacent to an activating group) is 1. The fraction of sp³-hybridized carbons (Fsp3) is 0.500. The number of rotatable bonds is 5. The van der Waals surface area contributed by atoms with Crippen LogP contribution in [0.25, 0.3) is 0 Å². The van der Waals surface area contributed by atoms with Crippen LogP contribution in [0.2, 0.25) is 0 Å². The molecule has 0 unspecified atom stereocenters. The summed E-state index contributed by atoms with van der Waals surface area (Å²) in [5, 5.41) is 3.00. The van der Waals surface area contributed by atoms with Gasteiger partial charge in [-0.25, -0.2) is 0 Å². The number of carbonyl (C=O) groups excluding carboxylic acids is 1. The topological polar surface area (TPSA) is 32.3 Å². The van der Waals surface area contributed by atoms with Gasteiger partial charge >= 0.3 is 1.43 Å². The van der Waals surface area contributed by atoms with E-state index in [1.807, 2.05) is 32.0 Å². The van der Waals surface area contributed by atoms with Gasteiger partial charge in [0.25, 0.3) is 0 Å². The quantitative estimate of drug-likeness (QED) is 0.892. The van der Waals surface area contributed by atoms with E-state index in [0.29, 0.717) is 6.54 Å². The smallest absolute Gasteiger partial charge is 0.324 e. The second-order valence-corrected chi connectivity index (χ2v) is 4.28. The van der Waals surface area contributed by atoms with Gasteiger partial charge in [0.05, 0.1) is 6.54 Å². The molecular weight excluding hydrogens is 248 g/mol. The Morgan fingerprint density at radius 1 is 1.22 bits per heavy atom. The summed E-state index contributed by atoms with van der Waals surface area (Å²) in [6, 6.07) is 6.03. The van der Waals surface area contributed by atoms with Gasteiger partial charge in [0.2, 0.25) is 5.91 Å². The molecule has 1 N–H and O–H groups in total. The van der Waals surface area contributed by atoms with E-state index in [1.165, 1.54) is 0 Å². The van der Waals surface area contributed by atoms with Crippen molar-refractivity contribution in [3.8, 4) is 0 Å². The number of nitrogens with zero attached hydrogens (tertiary/aromatic N) is 1. The van der Waals surface area contributed by atoms with E-state index in [4.69, 9.17) is 0 Å². The molecule has 0 saturated heterocycles. The van der Waals surface area contributed by atoms with Gasteiger partial charge in [0.15, 0.2) is 0 Å². The second kappa shape index (κ2) is 8.11. The normalized spacial score (nSPS) is 10.1. The van der Waals surface area contributed by atoms with Crippen LogP contribution in [0.5, 0.6) is 0 Å². The SMILES string of the molecule is CCN(CC)CC(=O)Nc1c(C)cccc1C.Cl.[H+]. The van der Waals surface area contributed by atoms with Crippen molar-refractivity contribution in [1.29, 1.82) is 0 Å². The van der Waals surface area contributed by atoms with Gasteiger partial charge in [-0.15, -0.1) is 12.4 Å². The lowest BCUT2D eigenvalue weighted by Gasteiger charge is -2.18. The molecule has 1 amide bonds. The molecule has 3 nitrogen and oxygen atoms in total. The van der Waals surface area contributed by atoms with E-state index in [2.05, 4.69) is 24.1 Å².